The summed E-state index contributed by atoms with van der Waals surface area (Å²) in [6.07, 6.45) is -0.298. The third-order valence-electron chi connectivity index (χ3n) is 2.95. The Morgan fingerprint density at radius 2 is 1.59 bits per heavy atom. The lowest BCUT2D eigenvalue weighted by atomic mass is 10.2. The fraction of sp³-hybridized carbons (Fsp3) is 0.125. The van der Waals surface area contributed by atoms with Gasteiger partial charge in [-0.05, 0) is 36.8 Å². The first-order valence-corrected chi connectivity index (χ1v) is 7.31. The summed E-state index contributed by atoms with van der Waals surface area (Å²) in [5.74, 6) is -0.841. The van der Waals surface area contributed by atoms with Crippen molar-refractivity contribution in [3.8, 4) is 0 Å². The molecular formula is C16H14Cl2N2O2. The van der Waals surface area contributed by atoms with Gasteiger partial charge in [-0.15, -0.1) is 0 Å². The van der Waals surface area contributed by atoms with Gasteiger partial charge in [0.05, 0.1) is 10.7 Å². The molecule has 0 aliphatic heterocycles. The molecule has 0 heterocycles. The van der Waals surface area contributed by atoms with E-state index in [0.29, 0.717) is 21.4 Å². The number of anilines is 2. The molecule has 2 rings (SSSR count). The number of hydrogen-bond donors (Lipinski definition) is 2. The van der Waals surface area contributed by atoms with Gasteiger partial charge >= 0.3 is 0 Å². The molecule has 0 fully saturated rings. The molecular weight excluding hydrogens is 323 g/mol. The molecule has 6 heteroatoms. The minimum atomic E-state index is -0.449. The second kappa shape index (κ2) is 7.29. The highest BCUT2D eigenvalue weighted by Gasteiger charge is 2.12. The monoisotopic (exact) mass is 336 g/mol. The summed E-state index contributed by atoms with van der Waals surface area (Å²) in [7, 11) is 0. The number of hydrogen-bond acceptors (Lipinski definition) is 2. The van der Waals surface area contributed by atoms with Gasteiger partial charge in [0.25, 0.3) is 0 Å². The van der Waals surface area contributed by atoms with Crippen LogP contribution in [0.2, 0.25) is 10.0 Å². The Morgan fingerprint density at radius 3 is 2.23 bits per heavy atom. The molecule has 2 amide bonds. The number of nitrogens with one attached hydrogen (secondary N) is 2. The molecule has 0 aliphatic rings. The largest absolute Gasteiger partial charge is 0.325 e. The molecule has 0 saturated heterocycles. The zero-order chi connectivity index (χ0) is 16.1. The Morgan fingerprint density at radius 1 is 0.955 bits per heavy atom. The molecule has 0 unspecified atom stereocenters. The second-order valence-corrected chi connectivity index (χ2v) is 5.56. The first-order chi connectivity index (χ1) is 10.5. The Labute approximate surface area is 138 Å². The number of rotatable bonds is 4. The highest BCUT2D eigenvalue weighted by Crippen LogP contribution is 2.25. The van der Waals surface area contributed by atoms with Crippen molar-refractivity contribution in [3.63, 3.8) is 0 Å². The molecule has 114 valence electrons. The van der Waals surface area contributed by atoms with Crippen LogP contribution in [0.15, 0.2) is 42.5 Å². The SMILES string of the molecule is Cc1ccccc1NC(=O)CC(=O)Nc1ccc(Cl)cc1Cl. The zero-order valence-electron chi connectivity index (χ0n) is 11.8. The van der Waals surface area contributed by atoms with E-state index in [1.165, 1.54) is 6.07 Å². The fourth-order valence-corrected chi connectivity index (χ4v) is 2.29. The predicted octanol–water partition coefficient (Wildman–Crippen LogP) is 4.27. The van der Waals surface area contributed by atoms with E-state index in [9.17, 15) is 9.59 Å². The summed E-state index contributed by atoms with van der Waals surface area (Å²) in [5.41, 5.74) is 2.03. The van der Waals surface area contributed by atoms with Crippen LogP contribution in [0.4, 0.5) is 11.4 Å². The van der Waals surface area contributed by atoms with Crippen molar-refractivity contribution >= 4 is 46.4 Å². The molecule has 2 aromatic carbocycles. The maximum Gasteiger partial charge on any atom is 0.233 e. The average Bonchev–Trinajstić information content (AvgIpc) is 2.44. The normalized spacial score (nSPS) is 10.1. The van der Waals surface area contributed by atoms with Crippen LogP contribution in [0, 0.1) is 6.92 Å². The van der Waals surface area contributed by atoms with Crippen molar-refractivity contribution < 1.29 is 9.59 Å². The summed E-state index contributed by atoms with van der Waals surface area (Å²) in [6.45, 7) is 1.88. The van der Waals surface area contributed by atoms with Crippen molar-refractivity contribution in [1.82, 2.24) is 0 Å². The summed E-state index contributed by atoms with van der Waals surface area (Å²) in [4.78, 5) is 23.7. The highest BCUT2D eigenvalue weighted by atomic mass is 35.5. The lowest BCUT2D eigenvalue weighted by Crippen LogP contribution is -2.21. The molecule has 22 heavy (non-hydrogen) atoms. The van der Waals surface area contributed by atoms with Gasteiger partial charge < -0.3 is 10.6 Å². The molecule has 4 nitrogen and oxygen atoms in total. The minimum Gasteiger partial charge on any atom is -0.325 e. The summed E-state index contributed by atoms with van der Waals surface area (Å²) < 4.78 is 0. The van der Waals surface area contributed by atoms with E-state index < -0.39 is 11.8 Å². The lowest BCUT2D eigenvalue weighted by molar-refractivity contribution is -0.123. The van der Waals surface area contributed by atoms with E-state index in [1.54, 1.807) is 18.2 Å². The average molecular weight is 337 g/mol. The summed E-state index contributed by atoms with van der Waals surface area (Å²) in [6, 6.07) is 12.1. The molecule has 2 N–H and O–H groups in total. The molecule has 0 atom stereocenters. The number of para-hydroxylation sites is 1. The van der Waals surface area contributed by atoms with Crippen LogP contribution in [-0.2, 0) is 9.59 Å². The highest BCUT2D eigenvalue weighted by molar-refractivity contribution is 6.36. The number of aryl methyl sites for hydroxylation is 1. The maximum atomic E-state index is 11.9. The van der Waals surface area contributed by atoms with Gasteiger partial charge in [0.2, 0.25) is 11.8 Å². The molecule has 0 aliphatic carbocycles. The van der Waals surface area contributed by atoms with Gasteiger partial charge in [-0.2, -0.15) is 0 Å². The zero-order valence-corrected chi connectivity index (χ0v) is 13.3. The van der Waals surface area contributed by atoms with Crippen LogP contribution in [-0.4, -0.2) is 11.8 Å². The smallest absolute Gasteiger partial charge is 0.233 e. The standard InChI is InChI=1S/C16H14Cl2N2O2/c1-10-4-2-3-5-13(10)19-15(21)9-16(22)20-14-7-6-11(17)8-12(14)18/h2-8H,9H2,1H3,(H,19,21)(H,20,22). The Balaban J connectivity index is 1.94. The van der Waals surface area contributed by atoms with Crippen LogP contribution in [0.3, 0.4) is 0 Å². The Bertz CT molecular complexity index is 717. The Kier molecular flexibility index (Phi) is 5.41. The quantitative estimate of drug-likeness (QED) is 0.819. The summed E-state index contributed by atoms with van der Waals surface area (Å²) in [5, 5.41) is 6.07. The van der Waals surface area contributed by atoms with Crippen LogP contribution < -0.4 is 10.6 Å². The first kappa shape index (κ1) is 16.3. The van der Waals surface area contributed by atoms with Gasteiger partial charge in [0.15, 0.2) is 0 Å². The molecule has 0 saturated carbocycles. The second-order valence-electron chi connectivity index (χ2n) is 4.71. The Hall–Kier alpha value is -2.04. The van der Waals surface area contributed by atoms with Gasteiger partial charge in [-0.25, -0.2) is 0 Å². The number of carbonyl (C=O) groups excluding carboxylic acids is 2. The van der Waals surface area contributed by atoms with Crippen molar-refractivity contribution in [2.75, 3.05) is 10.6 Å². The lowest BCUT2D eigenvalue weighted by Gasteiger charge is -2.09. The van der Waals surface area contributed by atoms with E-state index in [0.717, 1.165) is 5.56 Å². The molecule has 0 aromatic heterocycles. The van der Waals surface area contributed by atoms with Crippen LogP contribution in [0.1, 0.15) is 12.0 Å². The fourth-order valence-electron chi connectivity index (χ4n) is 1.84. The van der Waals surface area contributed by atoms with Gasteiger partial charge in [0, 0.05) is 10.7 Å². The van der Waals surface area contributed by atoms with Crippen LogP contribution >= 0.6 is 23.2 Å². The van der Waals surface area contributed by atoms with Gasteiger partial charge in [0.1, 0.15) is 6.42 Å². The molecule has 0 spiro atoms. The summed E-state index contributed by atoms with van der Waals surface area (Å²) >= 11 is 11.7. The van der Waals surface area contributed by atoms with Crippen molar-refractivity contribution in [3.05, 3.63) is 58.1 Å². The first-order valence-electron chi connectivity index (χ1n) is 6.56. The third kappa shape index (κ3) is 4.48. The maximum absolute atomic E-state index is 11.9. The van der Waals surface area contributed by atoms with Crippen LogP contribution in [0.5, 0.6) is 0 Å². The van der Waals surface area contributed by atoms with Crippen molar-refractivity contribution in [2.24, 2.45) is 0 Å². The van der Waals surface area contributed by atoms with E-state index in [2.05, 4.69) is 10.6 Å². The number of benzene rings is 2. The minimum absolute atomic E-state index is 0.298. The van der Waals surface area contributed by atoms with Crippen molar-refractivity contribution in [1.29, 1.82) is 0 Å². The number of carbonyl (C=O) groups is 2. The van der Waals surface area contributed by atoms with Crippen molar-refractivity contribution in [2.45, 2.75) is 13.3 Å². The van der Waals surface area contributed by atoms with E-state index in [4.69, 9.17) is 23.2 Å². The van der Waals surface area contributed by atoms with Crippen LogP contribution in [0.25, 0.3) is 0 Å². The van der Waals surface area contributed by atoms with E-state index in [-0.39, 0.29) is 6.42 Å². The van der Waals surface area contributed by atoms with E-state index in [1.807, 2.05) is 25.1 Å². The van der Waals surface area contributed by atoms with Gasteiger partial charge in [-0.3, -0.25) is 9.59 Å². The molecule has 0 bridgehead atoms. The molecule has 2 aromatic rings. The van der Waals surface area contributed by atoms with Gasteiger partial charge in [-0.1, -0.05) is 41.4 Å². The van der Waals surface area contributed by atoms with E-state index >= 15 is 0 Å². The number of halogens is 2. The number of amides is 2. The topological polar surface area (TPSA) is 58.2 Å². The molecule has 0 radical (unpaired) electrons. The third-order valence-corrected chi connectivity index (χ3v) is 3.49. The predicted molar refractivity (Wildman–Crippen MR) is 89.5 cm³/mol.